The molecule has 3 heterocycles. The number of hydrogen-bond acceptors (Lipinski definition) is 6. The van der Waals surface area contributed by atoms with Crippen molar-refractivity contribution >= 4 is 23.4 Å². The maximum absolute atomic E-state index is 6.33. The topological polar surface area (TPSA) is 56.3 Å². The van der Waals surface area contributed by atoms with E-state index >= 15 is 0 Å². The van der Waals surface area contributed by atoms with Crippen LogP contribution in [0, 0.1) is 11.3 Å². The summed E-state index contributed by atoms with van der Waals surface area (Å²) >= 11 is 6.33. The minimum atomic E-state index is 0.540. The highest BCUT2D eigenvalue weighted by Crippen LogP contribution is 2.41. The first-order valence-electron chi connectivity index (χ1n) is 11.4. The molecule has 2 saturated heterocycles. The highest BCUT2D eigenvalue weighted by Gasteiger charge is 2.40. The van der Waals surface area contributed by atoms with Crippen LogP contribution < -0.4 is 15.5 Å². The molecule has 1 aromatic heterocycles. The van der Waals surface area contributed by atoms with Crippen molar-refractivity contribution in [1.82, 2.24) is 20.2 Å². The number of anilines is 2. The summed E-state index contributed by atoms with van der Waals surface area (Å²) in [6, 6.07) is 0. The second-order valence-electron chi connectivity index (χ2n) is 9.07. The predicted octanol–water partition coefficient (Wildman–Crippen LogP) is 3.92. The highest BCUT2D eigenvalue weighted by atomic mass is 35.5. The third kappa shape index (κ3) is 4.98. The first kappa shape index (κ1) is 21.6. The van der Waals surface area contributed by atoms with Crippen LogP contribution in [0.4, 0.5) is 11.8 Å². The summed E-state index contributed by atoms with van der Waals surface area (Å²) in [5.74, 6) is 2.29. The van der Waals surface area contributed by atoms with Gasteiger partial charge in [0.05, 0.1) is 6.20 Å². The zero-order valence-corrected chi connectivity index (χ0v) is 19.1. The fraction of sp³-hybridized carbons (Fsp3) is 0.652. The Morgan fingerprint density at radius 3 is 2.57 bits per heavy atom. The number of allylic oxidation sites excluding steroid dienone is 3. The minimum Gasteiger partial charge on any atom is -0.339 e. The third-order valence-corrected chi connectivity index (χ3v) is 7.27. The van der Waals surface area contributed by atoms with Crippen LogP contribution in [-0.2, 0) is 0 Å². The summed E-state index contributed by atoms with van der Waals surface area (Å²) in [6.07, 6.45) is 13.3. The van der Waals surface area contributed by atoms with E-state index in [0.717, 1.165) is 43.7 Å². The quantitative estimate of drug-likeness (QED) is 0.667. The zero-order valence-electron chi connectivity index (χ0n) is 18.3. The Morgan fingerprint density at radius 1 is 1.23 bits per heavy atom. The molecule has 0 atom stereocenters. The molecule has 0 radical (unpaired) electrons. The summed E-state index contributed by atoms with van der Waals surface area (Å²) < 4.78 is 0. The van der Waals surface area contributed by atoms with Gasteiger partial charge in [0.25, 0.3) is 0 Å². The predicted molar refractivity (Wildman–Crippen MR) is 125 cm³/mol. The van der Waals surface area contributed by atoms with Crippen LogP contribution in [-0.4, -0.2) is 60.7 Å². The summed E-state index contributed by atoms with van der Waals surface area (Å²) in [6.45, 7) is 11.8. The molecule has 1 saturated carbocycles. The van der Waals surface area contributed by atoms with E-state index in [1.165, 1.54) is 45.3 Å². The van der Waals surface area contributed by atoms with Crippen molar-refractivity contribution in [2.45, 2.75) is 39.5 Å². The molecule has 3 aliphatic rings. The Balaban J connectivity index is 1.29. The van der Waals surface area contributed by atoms with Gasteiger partial charge in [-0.1, -0.05) is 23.8 Å². The van der Waals surface area contributed by atoms with Gasteiger partial charge in [0, 0.05) is 51.5 Å². The molecule has 7 heteroatoms. The maximum atomic E-state index is 6.33. The molecule has 0 aromatic carbocycles. The molecule has 1 aliphatic carbocycles. The van der Waals surface area contributed by atoms with Crippen LogP contribution in [0.3, 0.4) is 0 Å². The lowest BCUT2D eigenvalue weighted by atomic mass is 9.67. The van der Waals surface area contributed by atoms with Crippen molar-refractivity contribution in [2.24, 2.45) is 11.3 Å². The van der Waals surface area contributed by atoms with E-state index in [9.17, 15) is 0 Å². The number of piperazine rings is 1. The van der Waals surface area contributed by atoms with Gasteiger partial charge in [-0.3, -0.25) is 4.90 Å². The molecule has 164 valence electrons. The fourth-order valence-corrected chi connectivity index (χ4v) is 5.06. The normalized spacial score (nSPS) is 23.2. The molecule has 3 fully saturated rings. The largest absolute Gasteiger partial charge is 0.339 e. The number of rotatable bonds is 6. The van der Waals surface area contributed by atoms with E-state index in [0.29, 0.717) is 16.3 Å². The van der Waals surface area contributed by atoms with Gasteiger partial charge in [-0.05, 0) is 56.9 Å². The Bertz CT molecular complexity index is 770. The average molecular weight is 431 g/mol. The molecule has 1 aromatic rings. The zero-order chi connectivity index (χ0) is 21.0. The summed E-state index contributed by atoms with van der Waals surface area (Å²) in [5.41, 5.74) is 1.63. The standard InChI is InChI=1S/C23H35ClN6/c1-3-5-19(4-2)27-21-20(24)14-26-22(28-21)30-12-10-29(11-13-30)15-18-6-8-23(9-7-18)16-25-17-23/h3-5,14,18,25H,6-13,15-17H2,1-2H3,(H,26,27,28)/b5-3-,19-4+. The van der Waals surface area contributed by atoms with E-state index < -0.39 is 0 Å². The smallest absolute Gasteiger partial charge is 0.227 e. The molecule has 0 unspecified atom stereocenters. The van der Waals surface area contributed by atoms with Crippen LogP contribution in [0.1, 0.15) is 39.5 Å². The highest BCUT2D eigenvalue weighted by molar-refractivity contribution is 6.32. The van der Waals surface area contributed by atoms with Crippen LogP contribution >= 0.6 is 11.6 Å². The molecule has 4 rings (SSSR count). The van der Waals surface area contributed by atoms with Gasteiger partial charge < -0.3 is 15.5 Å². The van der Waals surface area contributed by atoms with Crippen LogP contribution in [0.15, 0.2) is 30.1 Å². The number of halogens is 1. The molecule has 6 nitrogen and oxygen atoms in total. The van der Waals surface area contributed by atoms with E-state index in [4.69, 9.17) is 16.6 Å². The van der Waals surface area contributed by atoms with Gasteiger partial charge in [0.2, 0.25) is 5.95 Å². The van der Waals surface area contributed by atoms with Crippen molar-refractivity contribution in [1.29, 1.82) is 0 Å². The van der Waals surface area contributed by atoms with Gasteiger partial charge in [0.15, 0.2) is 5.82 Å². The van der Waals surface area contributed by atoms with Crippen LogP contribution in [0.5, 0.6) is 0 Å². The van der Waals surface area contributed by atoms with Crippen molar-refractivity contribution in [3.8, 4) is 0 Å². The first-order chi connectivity index (χ1) is 14.6. The Morgan fingerprint density at radius 2 is 1.97 bits per heavy atom. The Labute approximate surface area is 185 Å². The third-order valence-electron chi connectivity index (χ3n) is 6.99. The minimum absolute atomic E-state index is 0.540. The maximum Gasteiger partial charge on any atom is 0.227 e. The van der Waals surface area contributed by atoms with Gasteiger partial charge in [0.1, 0.15) is 5.02 Å². The summed E-state index contributed by atoms with van der Waals surface area (Å²) in [4.78, 5) is 14.1. The Hall–Kier alpha value is -1.63. The number of hydrogen-bond donors (Lipinski definition) is 2. The van der Waals surface area contributed by atoms with Crippen molar-refractivity contribution in [2.75, 3.05) is 56.0 Å². The second kappa shape index (κ2) is 9.67. The summed E-state index contributed by atoms with van der Waals surface area (Å²) in [5, 5.41) is 7.31. The number of nitrogens with one attached hydrogen (secondary N) is 2. The lowest BCUT2D eigenvalue weighted by molar-refractivity contribution is 0.0674. The van der Waals surface area contributed by atoms with Crippen molar-refractivity contribution in [3.05, 3.63) is 35.1 Å². The van der Waals surface area contributed by atoms with E-state index in [-0.39, 0.29) is 0 Å². The van der Waals surface area contributed by atoms with Crippen molar-refractivity contribution in [3.63, 3.8) is 0 Å². The van der Waals surface area contributed by atoms with E-state index in [1.807, 2.05) is 32.1 Å². The molecule has 0 bridgehead atoms. The van der Waals surface area contributed by atoms with E-state index in [2.05, 4.69) is 25.4 Å². The number of aromatic nitrogens is 2. The molecule has 30 heavy (non-hydrogen) atoms. The SMILES string of the molecule is C/C=C\C(=C/C)Nc1nc(N2CCN(CC3CCC4(CC3)CNC4)CC2)ncc1Cl. The molecular weight excluding hydrogens is 396 g/mol. The lowest BCUT2D eigenvalue weighted by Crippen LogP contribution is -2.55. The average Bonchev–Trinajstić information content (AvgIpc) is 2.75. The molecule has 1 spiro atoms. The van der Waals surface area contributed by atoms with Crippen LogP contribution in [0.2, 0.25) is 5.02 Å². The Kier molecular flexibility index (Phi) is 6.96. The molecule has 0 amide bonds. The molecule has 2 N–H and O–H groups in total. The summed E-state index contributed by atoms with van der Waals surface area (Å²) in [7, 11) is 0. The van der Waals surface area contributed by atoms with Gasteiger partial charge in [-0.2, -0.15) is 4.98 Å². The van der Waals surface area contributed by atoms with Gasteiger partial charge in [-0.25, -0.2) is 4.98 Å². The van der Waals surface area contributed by atoms with Crippen molar-refractivity contribution < 1.29 is 0 Å². The molecular formula is C23H35ClN6. The molecule has 2 aliphatic heterocycles. The van der Waals surface area contributed by atoms with Gasteiger partial charge in [-0.15, -0.1) is 0 Å². The lowest BCUT2D eigenvalue weighted by Gasteiger charge is -2.48. The number of nitrogens with zero attached hydrogens (tertiary/aromatic N) is 4. The first-order valence-corrected chi connectivity index (χ1v) is 11.8. The monoisotopic (exact) mass is 430 g/mol. The van der Waals surface area contributed by atoms with Gasteiger partial charge >= 0.3 is 0 Å². The van der Waals surface area contributed by atoms with E-state index in [1.54, 1.807) is 6.20 Å². The fourth-order valence-electron chi connectivity index (χ4n) is 4.92. The van der Waals surface area contributed by atoms with Crippen LogP contribution in [0.25, 0.3) is 0 Å². The second-order valence-corrected chi connectivity index (χ2v) is 9.48.